The molecular weight excluding hydrogens is 426 g/mol. The second-order valence-corrected chi connectivity index (χ2v) is 9.69. The van der Waals surface area contributed by atoms with Gasteiger partial charge in [0.05, 0.1) is 5.69 Å². The first-order chi connectivity index (χ1) is 14.0. The van der Waals surface area contributed by atoms with Crippen LogP contribution in [0.15, 0.2) is 81.7 Å². The molecule has 4 rings (SSSR count). The highest BCUT2D eigenvalue weighted by Crippen LogP contribution is 2.25. The Bertz CT molecular complexity index is 1220. The number of carbonyl (C=O) groups is 1. The minimum atomic E-state index is -3.62. The smallest absolute Gasteiger partial charge is 0.271 e. The molecule has 0 saturated carbocycles. The van der Waals surface area contributed by atoms with Crippen LogP contribution in [0.3, 0.4) is 0 Å². The number of anilines is 2. The number of benzene rings is 2. The number of thiazole rings is 1. The maximum Gasteiger partial charge on any atom is 0.271 e. The number of nitrogens with zero attached hydrogens (tertiary/aromatic N) is 1. The van der Waals surface area contributed by atoms with Crippen molar-refractivity contribution >= 4 is 49.4 Å². The summed E-state index contributed by atoms with van der Waals surface area (Å²) in [5.74, 6) is -0.313. The molecule has 146 valence electrons. The summed E-state index contributed by atoms with van der Waals surface area (Å²) >= 11 is 2.48. The van der Waals surface area contributed by atoms with Gasteiger partial charge in [0, 0.05) is 22.2 Å². The third-order valence-corrected chi connectivity index (χ3v) is 7.49. The van der Waals surface area contributed by atoms with Gasteiger partial charge in [0.1, 0.15) is 4.21 Å². The first-order valence-electron chi connectivity index (χ1n) is 8.50. The highest BCUT2D eigenvalue weighted by atomic mass is 32.2. The van der Waals surface area contributed by atoms with Crippen molar-refractivity contribution in [2.24, 2.45) is 0 Å². The highest BCUT2D eigenvalue weighted by Gasteiger charge is 2.16. The number of hydrogen-bond donors (Lipinski definition) is 2. The standard InChI is InChI=1S/C20H15N3O3S3/c24-19(22-20-21-17(13-28-20)14-5-2-1-3-6-14)15-8-10-16(11-9-15)23-29(25,26)18-7-4-12-27-18/h1-13,23H,(H,21,22,24). The van der Waals surface area contributed by atoms with Gasteiger partial charge in [0.15, 0.2) is 5.13 Å². The first kappa shape index (κ1) is 19.3. The van der Waals surface area contributed by atoms with Gasteiger partial charge in [0.25, 0.3) is 15.9 Å². The van der Waals surface area contributed by atoms with Gasteiger partial charge in [-0.05, 0) is 35.7 Å². The predicted octanol–water partition coefficient (Wildman–Crippen LogP) is 4.92. The van der Waals surface area contributed by atoms with Crippen LogP contribution in [0, 0.1) is 0 Å². The molecule has 0 saturated heterocycles. The molecule has 0 aliphatic heterocycles. The number of aromatic nitrogens is 1. The fourth-order valence-corrected chi connectivity index (χ4v) is 5.32. The van der Waals surface area contributed by atoms with Gasteiger partial charge in [-0.25, -0.2) is 13.4 Å². The normalized spacial score (nSPS) is 11.2. The molecule has 0 radical (unpaired) electrons. The van der Waals surface area contributed by atoms with E-state index in [4.69, 9.17) is 0 Å². The van der Waals surface area contributed by atoms with Crippen molar-refractivity contribution in [1.29, 1.82) is 0 Å². The third kappa shape index (κ3) is 4.53. The zero-order chi connectivity index (χ0) is 20.3. The van der Waals surface area contributed by atoms with Gasteiger partial charge < -0.3 is 0 Å². The van der Waals surface area contributed by atoms with Crippen molar-refractivity contribution in [3.8, 4) is 11.3 Å². The molecule has 4 aromatic rings. The van der Waals surface area contributed by atoms with Crippen molar-refractivity contribution in [3.63, 3.8) is 0 Å². The van der Waals surface area contributed by atoms with Crippen LogP contribution >= 0.6 is 22.7 Å². The molecule has 0 bridgehead atoms. The van der Waals surface area contributed by atoms with E-state index in [1.807, 2.05) is 35.7 Å². The largest absolute Gasteiger partial charge is 0.298 e. The molecule has 6 nitrogen and oxygen atoms in total. The second kappa shape index (κ2) is 8.16. The van der Waals surface area contributed by atoms with E-state index in [1.165, 1.54) is 17.4 Å². The van der Waals surface area contributed by atoms with E-state index >= 15 is 0 Å². The number of amides is 1. The van der Waals surface area contributed by atoms with Crippen molar-refractivity contribution in [3.05, 3.63) is 83.1 Å². The van der Waals surface area contributed by atoms with Gasteiger partial charge in [-0.1, -0.05) is 36.4 Å². The van der Waals surface area contributed by atoms with E-state index < -0.39 is 10.0 Å². The summed E-state index contributed by atoms with van der Waals surface area (Å²) < 4.78 is 27.2. The van der Waals surface area contributed by atoms with Gasteiger partial charge in [-0.3, -0.25) is 14.8 Å². The summed E-state index contributed by atoms with van der Waals surface area (Å²) in [5.41, 5.74) is 2.56. The van der Waals surface area contributed by atoms with Crippen LogP contribution in [0.2, 0.25) is 0 Å². The summed E-state index contributed by atoms with van der Waals surface area (Å²) in [6, 6.07) is 19.1. The molecule has 0 spiro atoms. The van der Waals surface area contributed by atoms with Crippen molar-refractivity contribution in [2.75, 3.05) is 10.0 Å². The Hall–Kier alpha value is -3.01. The lowest BCUT2D eigenvalue weighted by Crippen LogP contribution is -2.13. The zero-order valence-electron chi connectivity index (χ0n) is 14.9. The summed E-state index contributed by atoms with van der Waals surface area (Å²) in [6.45, 7) is 0. The van der Waals surface area contributed by atoms with E-state index in [0.29, 0.717) is 16.4 Å². The lowest BCUT2D eigenvalue weighted by atomic mass is 10.2. The molecule has 0 fully saturated rings. The van der Waals surface area contributed by atoms with Crippen LogP contribution in [0.1, 0.15) is 10.4 Å². The van der Waals surface area contributed by atoms with Crippen molar-refractivity contribution in [1.82, 2.24) is 4.98 Å². The van der Waals surface area contributed by atoms with Gasteiger partial charge >= 0.3 is 0 Å². The van der Waals surface area contributed by atoms with E-state index in [1.54, 1.807) is 35.7 Å². The van der Waals surface area contributed by atoms with Crippen molar-refractivity contribution < 1.29 is 13.2 Å². The van der Waals surface area contributed by atoms with Crippen molar-refractivity contribution in [2.45, 2.75) is 4.21 Å². The van der Waals surface area contributed by atoms with E-state index in [2.05, 4.69) is 15.0 Å². The number of rotatable bonds is 6. The molecule has 0 aliphatic carbocycles. The Kier molecular flexibility index (Phi) is 5.43. The first-order valence-corrected chi connectivity index (χ1v) is 11.7. The Labute approximate surface area is 175 Å². The number of hydrogen-bond acceptors (Lipinski definition) is 6. The van der Waals surface area contributed by atoms with Crippen LogP contribution in [0.4, 0.5) is 10.8 Å². The molecule has 9 heteroatoms. The monoisotopic (exact) mass is 441 g/mol. The Morgan fingerprint density at radius 2 is 1.66 bits per heavy atom. The number of nitrogens with one attached hydrogen (secondary N) is 2. The number of carbonyl (C=O) groups excluding carboxylic acids is 1. The van der Waals surface area contributed by atoms with Gasteiger partial charge in [-0.15, -0.1) is 22.7 Å². The van der Waals surface area contributed by atoms with Gasteiger partial charge in [-0.2, -0.15) is 0 Å². The predicted molar refractivity (Wildman–Crippen MR) is 117 cm³/mol. The molecule has 29 heavy (non-hydrogen) atoms. The lowest BCUT2D eigenvalue weighted by Gasteiger charge is -2.07. The van der Waals surface area contributed by atoms with Crippen LogP contribution in [-0.4, -0.2) is 19.3 Å². The quantitative estimate of drug-likeness (QED) is 0.444. The van der Waals surface area contributed by atoms with Crippen LogP contribution in [0.25, 0.3) is 11.3 Å². The van der Waals surface area contributed by atoms with E-state index in [9.17, 15) is 13.2 Å². The maximum atomic E-state index is 12.5. The molecule has 0 aliphatic rings. The average molecular weight is 442 g/mol. The summed E-state index contributed by atoms with van der Waals surface area (Å²) in [5, 5.41) is 6.85. The number of thiophene rings is 1. The maximum absolute atomic E-state index is 12.5. The number of sulfonamides is 1. The molecule has 2 N–H and O–H groups in total. The summed E-state index contributed by atoms with van der Waals surface area (Å²) in [7, 11) is -3.62. The highest BCUT2D eigenvalue weighted by molar-refractivity contribution is 7.94. The average Bonchev–Trinajstić information content (AvgIpc) is 3.42. The molecule has 2 aromatic carbocycles. The molecule has 0 unspecified atom stereocenters. The topological polar surface area (TPSA) is 88.2 Å². The summed E-state index contributed by atoms with van der Waals surface area (Å²) in [6.07, 6.45) is 0. The zero-order valence-corrected chi connectivity index (χ0v) is 17.4. The molecular formula is C20H15N3O3S3. The Morgan fingerprint density at radius 1 is 0.897 bits per heavy atom. The van der Waals surface area contributed by atoms with Crippen LogP contribution in [-0.2, 0) is 10.0 Å². The second-order valence-electron chi connectivity index (χ2n) is 5.97. The fraction of sp³-hybridized carbons (Fsp3) is 0. The van der Waals surface area contributed by atoms with E-state index in [0.717, 1.165) is 22.6 Å². The SMILES string of the molecule is O=C(Nc1nc(-c2ccccc2)cs1)c1ccc(NS(=O)(=O)c2cccs2)cc1. The van der Waals surface area contributed by atoms with E-state index in [-0.39, 0.29) is 10.1 Å². The summed E-state index contributed by atoms with van der Waals surface area (Å²) in [4.78, 5) is 16.9. The Balaban J connectivity index is 1.43. The fourth-order valence-electron chi connectivity index (χ4n) is 2.55. The molecule has 0 atom stereocenters. The minimum absolute atomic E-state index is 0.234. The van der Waals surface area contributed by atoms with Crippen LogP contribution < -0.4 is 10.0 Å². The Morgan fingerprint density at radius 3 is 2.34 bits per heavy atom. The van der Waals surface area contributed by atoms with Gasteiger partial charge in [0.2, 0.25) is 0 Å². The molecule has 2 aromatic heterocycles. The molecule has 2 heterocycles. The molecule has 1 amide bonds. The third-order valence-electron chi connectivity index (χ3n) is 3.95. The van der Waals surface area contributed by atoms with Crippen LogP contribution in [0.5, 0.6) is 0 Å². The lowest BCUT2D eigenvalue weighted by molar-refractivity contribution is 0.102. The minimum Gasteiger partial charge on any atom is -0.298 e.